The lowest BCUT2D eigenvalue weighted by Gasteiger charge is -2.45. The number of hydrogen-bond donors (Lipinski definition) is 0. The fraction of sp³-hybridized carbons (Fsp3) is 0.0341. The van der Waals surface area contributed by atoms with E-state index in [1.165, 1.54) is 55.1 Å². The molecule has 97 heavy (non-hydrogen) atoms. The van der Waals surface area contributed by atoms with Crippen molar-refractivity contribution >= 4 is 79.0 Å². The molecule has 5 heterocycles. The van der Waals surface area contributed by atoms with Gasteiger partial charge < -0.3 is 14.4 Å². The zero-order chi connectivity index (χ0) is 64.3. The second kappa shape index (κ2) is 22.3. The Bertz CT molecular complexity index is 5730. The van der Waals surface area contributed by atoms with Crippen molar-refractivity contribution in [3.8, 4) is 96.0 Å². The van der Waals surface area contributed by atoms with E-state index in [9.17, 15) is 0 Å². The Labute approximate surface area is 562 Å². The van der Waals surface area contributed by atoms with Crippen LogP contribution < -0.4 is 26.2 Å². The number of fused-ring (bicyclic) bond motifs is 10. The van der Waals surface area contributed by atoms with E-state index < -0.39 is 0 Å². The molecule has 19 rings (SSSR count). The van der Waals surface area contributed by atoms with Crippen molar-refractivity contribution in [1.82, 2.24) is 29.5 Å². The summed E-state index contributed by atoms with van der Waals surface area (Å²) in [6.07, 6.45) is 0. The first-order chi connectivity index (χ1) is 47.9. The average Bonchev–Trinajstić information content (AvgIpc) is 1.52. The van der Waals surface area contributed by atoms with E-state index in [1.807, 2.05) is 36.4 Å². The van der Waals surface area contributed by atoms with Crippen LogP contribution in [0.15, 0.2) is 322 Å². The van der Waals surface area contributed by atoms with Crippen LogP contribution in [0.2, 0.25) is 0 Å². The summed E-state index contributed by atoms with van der Waals surface area (Å²) in [5.41, 5.74) is 27.9. The Morgan fingerprint density at radius 2 is 0.784 bits per heavy atom. The number of anilines is 6. The smallest absolute Gasteiger partial charge is 0.252 e. The SMILES string of the molecule is CC1(C)c2ccccc2-c2cc3c4ccccc4n(-c4ccc(-c5nc(-c6ccccc6)nc(-c6ccccc6)n5)cc4-c4cc(-c5ccccc5)nc(-c5ccc(-c6ccc7c8c6N(c6ccccc6)c6ccccc6B8c6ccccc6N7c6ccccc6)cc5)n4)c3cc21. The van der Waals surface area contributed by atoms with E-state index in [0.29, 0.717) is 23.3 Å². The van der Waals surface area contributed by atoms with Crippen LogP contribution in [0.25, 0.3) is 118 Å². The highest BCUT2D eigenvalue weighted by molar-refractivity contribution is 7.00. The minimum atomic E-state index is -0.233. The Kier molecular flexibility index (Phi) is 12.9. The maximum Gasteiger partial charge on any atom is 0.252 e. The summed E-state index contributed by atoms with van der Waals surface area (Å²) >= 11 is 0. The summed E-state index contributed by atoms with van der Waals surface area (Å²) in [4.78, 5) is 31.9. The number of hydrogen-bond acceptors (Lipinski definition) is 7. The molecule has 9 heteroatoms. The normalized spacial score (nSPS) is 13.1. The molecule has 1 aliphatic carbocycles. The molecule has 13 aromatic carbocycles. The summed E-state index contributed by atoms with van der Waals surface area (Å²) in [5, 5.41) is 2.35. The van der Waals surface area contributed by atoms with Crippen molar-refractivity contribution in [1.29, 1.82) is 0 Å². The zero-order valence-corrected chi connectivity index (χ0v) is 53.3. The van der Waals surface area contributed by atoms with Gasteiger partial charge in [0.2, 0.25) is 0 Å². The van der Waals surface area contributed by atoms with E-state index in [1.54, 1.807) is 0 Å². The van der Waals surface area contributed by atoms with Gasteiger partial charge in [-0.3, -0.25) is 0 Å². The first kappa shape index (κ1) is 56.0. The predicted octanol–water partition coefficient (Wildman–Crippen LogP) is 19.8. The molecule has 0 spiro atoms. The van der Waals surface area contributed by atoms with Gasteiger partial charge in [0.25, 0.3) is 6.71 Å². The number of para-hydroxylation sites is 5. The fourth-order valence-corrected chi connectivity index (χ4v) is 15.6. The highest BCUT2D eigenvalue weighted by Gasteiger charge is 2.44. The largest absolute Gasteiger partial charge is 0.311 e. The van der Waals surface area contributed by atoms with E-state index in [-0.39, 0.29) is 12.1 Å². The molecule has 3 aliphatic rings. The van der Waals surface area contributed by atoms with Crippen molar-refractivity contribution in [3.05, 3.63) is 333 Å². The van der Waals surface area contributed by atoms with Crippen LogP contribution in [0.1, 0.15) is 25.0 Å². The molecule has 8 nitrogen and oxygen atoms in total. The van der Waals surface area contributed by atoms with Gasteiger partial charge in [0.15, 0.2) is 23.3 Å². The number of aromatic nitrogens is 6. The lowest BCUT2D eigenvalue weighted by Crippen LogP contribution is -2.61. The number of rotatable bonds is 10. The van der Waals surface area contributed by atoms with E-state index in [4.69, 9.17) is 24.9 Å². The van der Waals surface area contributed by atoms with Crippen molar-refractivity contribution < 1.29 is 0 Å². The molecule has 454 valence electrons. The molecule has 0 unspecified atom stereocenters. The van der Waals surface area contributed by atoms with Crippen molar-refractivity contribution in [3.63, 3.8) is 0 Å². The molecule has 0 saturated carbocycles. The third-order valence-electron chi connectivity index (χ3n) is 20.0. The molecule has 0 amide bonds. The van der Waals surface area contributed by atoms with Crippen molar-refractivity contribution in [2.45, 2.75) is 19.3 Å². The fourth-order valence-electron chi connectivity index (χ4n) is 15.6. The van der Waals surface area contributed by atoms with Gasteiger partial charge in [0.1, 0.15) is 0 Å². The summed E-state index contributed by atoms with van der Waals surface area (Å²) in [6.45, 7) is 4.69. The number of nitrogens with zero attached hydrogens (tertiary/aromatic N) is 8. The third kappa shape index (κ3) is 9.03. The van der Waals surface area contributed by atoms with Gasteiger partial charge in [-0.25, -0.2) is 24.9 Å². The van der Waals surface area contributed by atoms with Crippen LogP contribution in [-0.4, -0.2) is 36.2 Å². The number of benzene rings is 13. The molecule has 0 bridgehead atoms. The Hall–Kier alpha value is -12.6. The lowest BCUT2D eigenvalue weighted by atomic mass is 9.33. The molecule has 0 N–H and O–H groups in total. The lowest BCUT2D eigenvalue weighted by molar-refractivity contribution is 0.661. The molecule has 0 radical (unpaired) electrons. The van der Waals surface area contributed by atoms with Gasteiger partial charge in [0.05, 0.1) is 33.8 Å². The quantitative estimate of drug-likeness (QED) is 0.126. The summed E-state index contributed by atoms with van der Waals surface area (Å²) in [5.74, 6) is 2.32. The Balaban J connectivity index is 0.826. The minimum Gasteiger partial charge on any atom is -0.311 e. The van der Waals surface area contributed by atoms with Gasteiger partial charge in [-0.1, -0.05) is 250 Å². The van der Waals surface area contributed by atoms with E-state index in [2.05, 4.69) is 313 Å². The van der Waals surface area contributed by atoms with Crippen molar-refractivity contribution in [2.75, 3.05) is 9.80 Å². The summed E-state index contributed by atoms with van der Waals surface area (Å²) in [6, 6.07) is 115. The summed E-state index contributed by atoms with van der Waals surface area (Å²) in [7, 11) is 0. The van der Waals surface area contributed by atoms with Gasteiger partial charge in [-0.15, -0.1) is 0 Å². The molecular weight excluding hydrogens is 1180 g/mol. The third-order valence-corrected chi connectivity index (χ3v) is 20.0. The Morgan fingerprint density at radius 1 is 0.289 bits per heavy atom. The zero-order valence-electron chi connectivity index (χ0n) is 53.3. The highest BCUT2D eigenvalue weighted by Crippen LogP contribution is 2.53. The van der Waals surface area contributed by atoms with Crippen LogP contribution in [0.4, 0.5) is 34.1 Å². The Morgan fingerprint density at radius 3 is 1.45 bits per heavy atom. The minimum absolute atomic E-state index is 0.0262. The molecule has 0 saturated heterocycles. The highest BCUT2D eigenvalue weighted by atomic mass is 15.2. The molecular formula is C88H59BN8. The van der Waals surface area contributed by atoms with Crippen LogP contribution in [-0.2, 0) is 5.41 Å². The van der Waals surface area contributed by atoms with E-state index >= 15 is 0 Å². The van der Waals surface area contributed by atoms with Crippen LogP contribution in [0, 0.1) is 0 Å². The van der Waals surface area contributed by atoms with Crippen LogP contribution in [0.5, 0.6) is 0 Å². The maximum absolute atomic E-state index is 5.76. The second-order valence-corrected chi connectivity index (χ2v) is 25.9. The predicted molar refractivity (Wildman–Crippen MR) is 399 cm³/mol. The van der Waals surface area contributed by atoms with Gasteiger partial charge >= 0.3 is 0 Å². The van der Waals surface area contributed by atoms with Crippen LogP contribution >= 0.6 is 0 Å². The standard InChI is InChI=1S/C88H59BN8/c1-88(2)70-38-20-18-36-65(70)67-53-68-66-37-19-23-41-76(66)97(81(68)54-71(67)88)77-50-48-61(87-93-85(58-28-10-4-11-29-58)92-86(94-87)59-30-12-5-13-31-59)52-69(77)75-55-74(57-26-8-3-9-27-57)90-84(91-75)60-46-44-56(45-47-60)64-49-51-80-82-83(64)96(63-34-16-7-17-35-63)79-43-25-22-40-73(79)89(82)72-39-21-24-42-78(72)95(80)62-32-14-6-15-33-62/h3-55H,1-2H3. The molecule has 3 aromatic heterocycles. The molecule has 0 atom stereocenters. The first-order valence-electron chi connectivity index (χ1n) is 33.2. The van der Waals surface area contributed by atoms with Crippen molar-refractivity contribution in [2.24, 2.45) is 0 Å². The molecule has 0 fully saturated rings. The maximum atomic E-state index is 5.76. The van der Waals surface area contributed by atoms with E-state index in [0.717, 1.165) is 101 Å². The average molecular weight is 1240 g/mol. The monoisotopic (exact) mass is 1240 g/mol. The van der Waals surface area contributed by atoms with Gasteiger partial charge in [-0.2, -0.15) is 0 Å². The van der Waals surface area contributed by atoms with Gasteiger partial charge in [0, 0.05) is 83.6 Å². The van der Waals surface area contributed by atoms with Gasteiger partial charge in [-0.05, 0) is 129 Å². The topological polar surface area (TPSA) is 75.9 Å². The summed E-state index contributed by atoms with van der Waals surface area (Å²) < 4.78 is 2.45. The first-order valence-corrected chi connectivity index (χ1v) is 33.2. The molecule has 16 aromatic rings. The second-order valence-electron chi connectivity index (χ2n) is 25.9. The van der Waals surface area contributed by atoms with Crippen LogP contribution in [0.3, 0.4) is 0 Å². The molecule has 2 aliphatic heterocycles.